The quantitative estimate of drug-likeness (QED) is 0.465. The van der Waals surface area contributed by atoms with Gasteiger partial charge >= 0.3 is 0 Å². The highest BCUT2D eigenvalue weighted by Gasteiger charge is 2.12. The van der Waals surface area contributed by atoms with E-state index in [-0.39, 0.29) is 0 Å². The van der Waals surface area contributed by atoms with Crippen LogP contribution in [-0.2, 0) is 4.79 Å². The smallest absolute Gasteiger partial charge is 0.179 e. The minimum Gasteiger partial charge on any atom is -0.497 e. The van der Waals surface area contributed by atoms with Crippen LogP contribution in [0.15, 0.2) is 89.2 Å². The molecule has 0 N–H and O–H groups in total. The molecule has 0 spiro atoms. The van der Waals surface area contributed by atoms with Gasteiger partial charge < -0.3 is 9.47 Å². The second-order valence-corrected chi connectivity index (χ2v) is 6.94. The molecular formula is C23H20O3S. The molecule has 3 rings (SSSR count). The minimum atomic E-state index is -0.639. The van der Waals surface area contributed by atoms with Crippen molar-refractivity contribution in [3.8, 4) is 11.5 Å². The number of carbonyl (C=O) groups excluding carboxylic acids is 1. The zero-order valence-electron chi connectivity index (χ0n) is 15.0. The van der Waals surface area contributed by atoms with Crippen molar-refractivity contribution in [1.29, 1.82) is 0 Å². The Labute approximate surface area is 163 Å². The van der Waals surface area contributed by atoms with Gasteiger partial charge in [-0.25, -0.2) is 0 Å². The van der Waals surface area contributed by atoms with Crippen molar-refractivity contribution in [3.05, 3.63) is 90.5 Å². The molecule has 0 aromatic heterocycles. The predicted octanol–water partition coefficient (Wildman–Crippen LogP) is 5.81. The van der Waals surface area contributed by atoms with Crippen LogP contribution >= 0.6 is 11.8 Å². The Morgan fingerprint density at radius 3 is 1.93 bits per heavy atom. The number of methoxy groups -OCH3 is 1. The summed E-state index contributed by atoms with van der Waals surface area (Å²) < 4.78 is 11.0. The van der Waals surface area contributed by atoms with Crippen molar-refractivity contribution < 1.29 is 14.3 Å². The summed E-state index contributed by atoms with van der Waals surface area (Å²) in [6.07, 6.45) is 1.94. The summed E-state index contributed by atoms with van der Waals surface area (Å²) in [7, 11) is 1.65. The lowest BCUT2D eigenvalue weighted by atomic mass is 10.1. The van der Waals surface area contributed by atoms with Crippen molar-refractivity contribution in [3.63, 3.8) is 0 Å². The zero-order valence-corrected chi connectivity index (χ0v) is 15.8. The first kappa shape index (κ1) is 18.8. The van der Waals surface area contributed by atoms with Crippen molar-refractivity contribution in [2.24, 2.45) is 0 Å². The molecule has 1 atom stereocenters. The van der Waals surface area contributed by atoms with E-state index >= 15 is 0 Å². The average Bonchev–Trinajstić information content (AvgIpc) is 2.73. The van der Waals surface area contributed by atoms with E-state index in [2.05, 4.69) is 6.58 Å². The van der Waals surface area contributed by atoms with Crippen LogP contribution in [0.5, 0.6) is 11.5 Å². The van der Waals surface area contributed by atoms with Gasteiger partial charge in [0.15, 0.2) is 12.4 Å². The molecule has 3 aromatic carbocycles. The molecular weight excluding hydrogens is 356 g/mol. The first-order valence-corrected chi connectivity index (χ1v) is 9.30. The maximum Gasteiger partial charge on any atom is 0.179 e. The van der Waals surface area contributed by atoms with E-state index in [0.29, 0.717) is 5.75 Å². The molecule has 0 radical (unpaired) electrons. The minimum absolute atomic E-state index is 0.639. The van der Waals surface area contributed by atoms with Crippen molar-refractivity contribution >= 4 is 24.1 Å². The molecule has 0 aliphatic heterocycles. The second-order valence-electron chi connectivity index (χ2n) is 5.79. The van der Waals surface area contributed by atoms with Crippen LogP contribution in [0.2, 0.25) is 0 Å². The Hall–Kier alpha value is -2.98. The van der Waals surface area contributed by atoms with E-state index < -0.39 is 6.10 Å². The molecule has 0 heterocycles. The Morgan fingerprint density at radius 1 is 0.852 bits per heavy atom. The molecule has 27 heavy (non-hydrogen) atoms. The van der Waals surface area contributed by atoms with Gasteiger partial charge in [-0.15, -0.1) is 0 Å². The van der Waals surface area contributed by atoms with Gasteiger partial charge in [0, 0.05) is 9.79 Å². The van der Waals surface area contributed by atoms with Gasteiger partial charge in [0.2, 0.25) is 0 Å². The maximum atomic E-state index is 11.5. The summed E-state index contributed by atoms with van der Waals surface area (Å²) in [6, 6.07) is 23.2. The Balaban J connectivity index is 1.67. The number of ether oxygens (including phenoxy) is 2. The number of hydrogen-bond acceptors (Lipinski definition) is 4. The SMILES string of the molecule is C=Cc1ccc(OC(C=O)c2ccc(Sc3ccc(OC)cc3)cc2)cc1. The largest absolute Gasteiger partial charge is 0.497 e. The highest BCUT2D eigenvalue weighted by atomic mass is 32.2. The van der Waals surface area contributed by atoms with E-state index in [1.54, 1.807) is 24.9 Å². The lowest BCUT2D eigenvalue weighted by Crippen LogP contribution is -2.08. The predicted molar refractivity (Wildman–Crippen MR) is 110 cm³/mol. The van der Waals surface area contributed by atoms with E-state index in [1.165, 1.54) is 0 Å². The Morgan fingerprint density at radius 2 is 1.41 bits per heavy atom. The number of rotatable bonds is 8. The summed E-state index contributed by atoms with van der Waals surface area (Å²) in [4.78, 5) is 13.7. The van der Waals surface area contributed by atoms with Crippen molar-refractivity contribution in [2.75, 3.05) is 7.11 Å². The molecule has 1 unspecified atom stereocenters. The van der Waals surface area contributed by atoms with E-state index in [9.17, 15) is 4.79 Å². The van der Waals surface area contributed by atoms with Crippen LogP contribution in [0.25, 0.3) is 6.08 Å². The second kappa shape index (κ2) is 9.10. The molecule has 0 amide bonds. The van der Waals surface area contributed by atoms with Gasteiger partial charge in [-0.1, -0.05) is 48.7 Å². The zero-order chi connectivity index (χ0) is 19.1. The highest BCUT2D eigenvalue weighted by Crippen LogP contribution is 2.30. The monoisotopic (exact) mass is 376 g/mol. The Bertz CT molecular complexity index is 884. The third-order valence-corrected chi connectivity index (χ3v) is 5.02. The van der Waals surface area contributed by atoms with Crippen LogP contribution in [0.3, 0.4) is 0 Å². The molecule has 0 bridgehead atoms. The number of aldehydes is 1. The first-order valence-electron chi connectivity index (χ1n) is 8.48. The van der Waals surface area contributed by atoms with Crippen molar-refractivity contribution in [2.45, 2.75) is 15.9 Å². The fraction of sp³-hybridized carbons (Fsp3) is 0.0870. The highest BCUT2D eigenvalue weighted by molar-refractivity contribution is 7.99. The topological polar surface area (TPSA) is 35.5 Å². The molecule has 4 heteroatoms. The lowest BCUT2D eigenvalue weighted by molar-refractivity contribution is -0.113. The van der Waals surface area contributed by atoms with Gasteiger partial charge in [0.25, 0.3) is 0 Å². The molecule has 0 aliphatic rings. The summed E-state index contributed by atoms with van der Waals surface area (Å²) in [6.45, 7) is 3.73. The molecule has 0 aliphatic carbocycles. The molecule has 136 valence electrons. The van der Waals surface area contributed by atoms with Crippen LogP contribution in [0, 0.1) is 0 Å². The fourth-order valence-electron chi connectivity index (χ4n) is 2.51. The van der Waals surface area contributed by atoms with Gasteiger partial charge in [-0.05, 0) is 59.7 Å². The number of carbonyl (C=O) groups is 1. The van der Waals surface area contributed by atoms with Gasteiger partial charge in [-0.2, -0.15) is 0 Å². The lowest BCUT2D eigenvalue weighted by Gasteiger charge is -2.14. The van der Waals surface area contributed by atoms with Gasteiger partial charge in [0.1, 0.15) is 11.5 Å². The van der Waals surface area contributed by atoms with E-state index in [1.807, 2.05) is 72.8 Å². The molecule has 3 nitrogen and oxygen atoms in total. The van der Waals surface area contributed by atoms with Crippen LogP contribution in [0.1, 0.15) is 17.2 Å². The van der Waals surface area contributed by atoms with Crippen molar-refractivity contribution in [1.82, 2.24) is 0 Å². The van der Waals surface area contributed by atoms with E-state index in [4.69, 9.17) is 9.47 Å². The summed E-state index contributed by atoms with van der Waals surface area (Å²) in [5.74, 6) is 1.48. The van der Waals surface area contributed by atoms with Gasteiger partial charge in [-0.3, -0.25) is 4.79 Å². The standard InChI is InChI=1S/C23H20O3S/c1-3-17-4-8-20(9-5-17)26-23(16-24)18-6-12-21(13-7-18)27-22-14-10-19(25-2)11-15-22/h3-16,23H,1H2,2H3. The third-order valence-electron chi connectivity index (χ3n) is 4.01. The molecule has 0 saturated carbocycles. The molecule has 3 aromatic rings. The fourth-order valence-corrected chi connectivity index (χ4v) is 3.33. The third kappa shape index (κ3) is 5.02. The number of hydrogen-bond donors (Lipinski definition) is 0. The summed E-state index contributed by atoms with van der Waals surface area (Å²) >= 11 is 1.65. The summed E-state index contributed by atoms with van der Waals surface area (Å²) in [5.41, 5.74) is 1.82. The maximum absolute atomic E-state index is 11.5. The molecule has 0 fully saturated rings. The summed E-state index contributed by atoms with van der Waals surface area (Å²) in [5, 5.41) is 0. The van der Waals surface area contributed by atoms with Crippen LogP contribution in [-0.4, -0.2) is 13.4 Å². The average molecular weight is 376 g/mol. The first-order chi connectivity index (χ1) is 13.2. The van der Waals surface area contributed by atoms with Gasteiger partial charge in [0.05, 0.1) is 7.11 Å². The Kier molecular flexibility index (Phi) is 6.34. The van der Waals surface area contributed by atoms with Crippen LogP contribution < -0.4 is 9.47 Å². The molecule has 0 saturated heterocycles. The van der Waals surface area contributed by atoms with Crippen LogP contribution in [0.4, 0.5) is 0 Å². The normalized spacial score (nSPS) is 11.4. The number of benzene rings is 3. The van der Waals surface area contributed by atoms with E-state index in [0.717, 1.165) is 33.0 Å².